The lowest BCUT2D eigenvalue weighted by Gasteiger charge is -2.55. The SMILES string of the molecule is C/C=C/c1ccc(C2[C@@H]3CN(Cc4cccc(F)c4)C[C@H]2N3)cc1. The molecule has 2 aromatic rings. The summed E-state index contributed by atoms with van der Waals surface area (Å²) in [7, 11) is 0. The molecule has 0 radical (unpaired) electrons. The summed E-state index contributed by atoms with van der Waals surface area (Å²) < 4.78 is 13.3. The zero-order valence-electron chi connectivity index (χ0n) is 14.0. The second-order valence-electron chi connectivity index (χ2n) is 6.90. The number of allylic oxidation sites excluding steroid dienone is 1. The van der Waals surface area contributed by atoms with E-state index in [1.54, 1.807) is 12.1 Å². The highest BCUT2D eigenvalue weighted by molar-refractivity contribution is 5.50. The first-order chi connectivity index (χ1) is 11.7. The van der Waals surface area contributed by atoms with Gasteiger partial charge in [0, 0.05) is 37.6 Å². The first-order valence-electron chi connectivity index (χ1n) is 8.68. The average molecular weight is 322 g/mol. The quantitative estimate of drug-likeness (QED) is 0.921. The van der Waals surface area contributed by atoms with Gasteiger partial charge in [0.25, 0.3) is 0 Å². The van der Waals surface area contributed by atoms with Gasteiger partial charge in [0.15, 0.2) is 0 Å². The minimum Gasteiger partial charge on any atom is -0.307 e. The van der Waals surface area contributed by atoms with Gasteiger partial charge in [0.2, 0.25) is 0 Å². The Morgan fingerprint density at radius 1 is 1.12 bits per heavy atom. The molecule has 3 fully saturated rings. The van der Waals surface area contributed by atoms with Crippen molar-refractivity contribution in [2.45, 2.75) is 31.5 Å². The number of hydrogen-bond donors (Lipinski definition) is 1. The summed E-state index contributed by atoms with van der Waals surface area (Å²) in [5, 5.41) is 3.66. The van der Waals surface area contributed by atoms with Crippen molar-refractivity contribution in [3.8, 4) is 0 Å². The molecule has 3 atom stereocenters. The summed E-state index contributed by atoms with van der Waals surface area (Å²) in [6, 6.07) is 16.9. The average Bonchev–Trinajstić information content (AvgIpc) is 2.57. The van der Waals surface area contributed by atoms with Gasteiger partial charge >= 0.3 is 0 Å². The van der Waals surface area contributed by atoms with E-state index in [0.29, 0.717) is 18.0 Å². The molecule has 3 aliphatic rings. The molecular formula is C21H23FN2. The zero-order chi connectivity index (χ0) is 16.5. The van der Waals surface area contributed by atoms with Crippen LogP contribution >= 0.6 is 0 Å². The molecule has 3 heteroatoms. The lowest BCUT2D eigenvalue weighted by atomic mass is 9.74. The molecule has 3 heterocycles. The fraction of sp³-hybridized carbons (Fsp3) is 0.333. The Morgan fingerprint density at radius 2 is 1.88 bits per heavy atom. The van der Waals surface area contributed by atoms with Gasteiger partial charge in [-0.15, -0.1) is 0 Å². The number of piperazine rings is 1. The molecule has 0 aliphatic carbocycles. The second kappa shape index (κ2) is 6.50. The lowest BCUT2D eigenvalue weighted by Crippen LogP contribution is -2.71. The number of benzene rings is 2. The molecular weight excluding hydrogens is 299 g/mol. The van der Waals surface area contributed by atoms with E-state index in [4.69, 9.17) is 0 Å². The van der Waals surface area contributed by atoms with E-state index in [1.165, 1.54) is 17.2 Å². The van der Waals surface area contributed by atoms with Crippen LogP contribution in [0.5, 0.6) is 0 Å². The monoisotopic (exact) mass is 322 g/mol. The van der Waals surface area contributed by atoms with Crippen molar-refractivity contribution in [2.24, 2.45) is 0 Å². The summed E-state index contributed by atoms with van der Waals surface area (Å²) in [5.41, 5.74) is 3.75. The molecule has 0 amide bonds. The molecule has 0 aromatic heterocycles. The largest absolute Gasteiger partial charge is 0.307 e. The van der Waals surface area contributed by atoms with Crippen molar-refractivity contribution in [3.63, 3.8) is 0 Å². The van der Waals surface area contributed by atoms with Gasteiger partial charge in [-0.05, 0) is 35.7 Å². The Balaban J connectivity index is 1.41. The van der Waals surface area contributed by atoms with Crippen LogP contribution in [-0.4, -0.2) is 30.1 Å². The summed E-state index contributed by atoms with van der Waals surface area (Å²) in [6.07, 6.45) is 4.20. The Bertz CT molecular complexity index is 726. The van der Waals surface area contributed by atoms with Crippen LogP contribution in [0.2, 0.25) is 0 Å². The van der Waals surface area contributed by atoms with Crippen LogP contribution < -0.4 is 5.32 Å². The van der Waals surface area contributed by atoms with E-state index in [9.17, 15) is 4.39 Å². The third-order valence-electron chi connectivity index (χ3n) is 5.18. The third kappa shape index (κ3) is 3.02. The fourth-order valence-electron chi connectivity index (χ4n) is 4.12. The van der Waals surface area contributed by atoms with Gasteiger partial charge in [-0.3, -0.25) is 4.90 Å². The number of nitrogens with zero attached hydrogens (tertiary/aromatic N) is 1. The van der Waals surface area contributed by atoms with Crippen LogP contribution in [0.15, 0.2) is 54.6 Å². The summed E-state index contributed by atoms with van der Waals surface area (Å²) in [6.45, 7) is 4.92. The molecule has 2 aromatic carbocycles. The van der Waals surface area contributed by atoms with E-state index >= 15 is 0 Å². The molecule has 1 unspecified atom stereocenters. The topological polar surface area (TPSA) is 15.3 Å². The normalized spacial score (nSPS) is 26.5. The first kappa shape index (κ1) is 15.6. The highest BCUT2D eigenvalue weighted by Crippen LogP contribution is 2.37. The van der Waals surface area contributed by atoms with E-state index in [0.717, 1.165) is 25.2 Å². The molecule has 2 bridgehead atoms. The van der Waals surface area contributed by atoms with Crippen molar-refractivity contribution in [1.29, 1.82) is 0 Å². The minimum atomic E-state index is -0.146. The van der Waals surface area contributed by atoms with Crippen LogP contribution in [-0.2, 0) is 6.54 Å². The van der Waals surface area contributed by atoms with Crippen molar-refractivity contribution in [1.82, 2.24) is 10.2 Å². The van der Waals surface area contributed by atoms with Crippen molar-refractivity contribution < 1.29 is 4.39 Å². The molecule has 1 N–H and O–H groups in total. The van der Waals surface area contributed by atoms with Gasteiger partial charge in [-0.25, -0.2) is 4.39 Å². The van der Waals surface area contributed by atoms with E-state index < -0.39 is 0 Å². The van der Waals surface area contributed by atoms with Gasteiger partial charge in [0.1, 0.15) is 5.82 Å². The van der Waals surface area contributed by atoms with Gasteiger partial charge < -0.3 is 5.32 Å². The Morgan fingerprint density at radius 3 is 2.54 bits per heavy atom. The summed E-state index contributed by atoms with van der Waals surface area (Å²) in [4.78, 5) is 2.44. The molecule has 0 saturated carbocycles. The maximum atomic E-state index is 13.3. The fourth-order valence-corrected chi connectivity index (χ4v) is 4.12. The maximum Gasteiger partial charge on any atom is 0.123 e. The second-order valence-corrected chi connectivity index (χ2v) is 6.90. The van der Waals surface area contributed by atoms with Gasteiger partial charge in [-0.1, -0.05) is 48.6 Å². The molecule has 0 spiro atoms. The zero-order valence-corrected chi connectivity index (χ0v) is 14.0. The number of rotatable bonds is 4. The van der Waals surface area contributed by atoms with Crippen LogP contribution in [0.3, 0.4) is 0 Å². The van der Waals surface area contributed by atoms with Gasteiger partial charge in [0.05, 0.1) is 0 Å². The van der Waals surface area contributed by atoms with E-state index in [2.05, 4.69) is 46.6 Å². The van der Waals surface area contributed by atoms with E-state index in [-0.39, 0.29) is 5.82 Å². The molecule has 3 saturated heterocycles. The smallest absolute Gasteiger partial charge is 0.123 e. The third-order valence-corrected chi connectivity index (χ3v) is 5.18. The van der Waals surface area contributed by atoms with Crippen LogP contribution in [0.1, 0.15) is 29.5 Å². The van der Waals surface area contributed by atoms with E-state index in [1.807, 2.05) is 13.0 Å². The van der Waals surface area contributed by atoms with Crippen LogP contribution in [0, 0.1) is 5.82 Å². The summed E-state index contributed by atoms with van der Waals surface area (Å²) >= 11 is 0. The Hall–Kier alpha value is -1.97. The predicted molar refractivity (Wildman–Crippen MR) is 96.3 cm³/mol. The van der Waals surface area contributed by atoms with Crippen LogP contribution in [0.25, 0.3) is 6.08 Å². The number of piperidine rings is 1. The molecule has 3 aliphatic heterocycles. The number of fused-ring (bicyclic) bond motifs is 2. The highest BCUT2D eigenvalue weighted by Gasteiger charge is 2.46. The molecule has 24 heavy (non-hydrogen) atoms. The first-order valence-corrected chi connectivity index (χ1v) is 8.68. The van der Waals surface area contributed by atoms with Crippen molar-refractivity contribution >= 4 is 6.08 Å². The van der Waals surface area contributed by atoms with Gasteiger partial charge in [-0.2, -0.15) is 0 Å². The molecule has 2 nitrogen and oxygen atoms in total. The highest BCUT2D eigenvalue weighted by atomic mass is 19.1. The maximum absolute atomic E-state index is 13.3. The molecule has 5 rings (SSSR count). The Labute approximate surface area is 143 Å². The minimum absolute atomic E-state index is 0.146. The number of nitrogens with one attached hydrogen (secondary N) is 1. The molecule has 124 valence electrons. The predicted octanol–water partition coefficient (Wildman–Crippen LogP) is 3.80. The van der Waals surface area contributed by atoms with Crippen LogP contribution in [0.4, 0.5) is 4.39 Å². The number of halogens is 1. The lowest BCUT2D eigenvalue weighted by molar-refractivity contribution is 0.0470. The standard InChI is InChI=1S/C21H23FN2/c1-2-4-15-7-9-17(10-8-15)21-19-13-24(14-20(21)23-19)12-16-5-3-6-18(22)11-16/h2-11,19-21,23H,12-14H2,1H3/b4-2+/t19-,20+,21?. The Kier molecular flexibility index (Phi) is 4.21. The van der Waals surface area contributed by atoms with Crippen molar-refractivity contribution in [2.75, 3.05) is 13.1 Å². The van der Waals surface area contributed by atoms with Crippen molar-refractivity contribution in [3.05, 3.63) is 77.1 Å². The number of hydrogen-bond acceptors (Lipinski definition) is 2. The summed E-state index contributed by atoms with van der Waals surface area (Å²) in [5.74, 6) is 0.459.